The Labute approximate surface area is 117 Å². The van der Waals surface area contributed by atoms with Gasteiger partial charge in [0.1, 0.15) is 5.75 Å². The maximum Gasteiger partial charge on any atom is 0.119 e. The van der Waals surface area contributed by atoms with Gasteiger partial charge in [0.2, 0.25) is 0 Å². The van der Waals surface area contributed by atoms with Gasteiger partial charge >= 0.3 is 0 Å². The molecule has 1 saturated carbocycles. The van der Waals surface area contributed by atoms with Crippen LogP contribution in [0.1, 0.15) is 45.6 Å². The maximum absolute atomic E-state index is 5.27. The Bertz CT molecular complexity index is 413. The molecular weight excluding hydrogens is 234 g/mol. The minimum Gasteiger partial charge on any atom is -0.497 e. The molecule has 0 saturated heterocycles. The highest BCUT2D eigenvalue weighted by Gasteiger charge is 2.31. The zero-order valence-electron chi connectivity index (χ0n) is 12.7. The predicted molar refractivity (Wildman–Crippen MR) is 80.4 cm³/mol. The first-order chi connectivity index (χ1) is 9.00. The second-order valence-corrected chi connectivity index (χ2v) is 6.72. The standard InChI is InChI=1S/C17H27NO/c1-13-11-17(2,3)9-8-16(13)18-12-14-6-5-7-15(10-14)19-4/h5-7,10,13,16,18H,8-9,11-12H2,1-4H3. The Kier molecular flexibility index (Phi) is 4.51. The topological polar surface area (TPSA) is 21.3 Å². The highest BCUT2D eigenvalue weighted by molar-refractivity contribution is 5.28. The summed E-state index contributed by atoms with van der Waals surface area (Å²) in [5, 5.41) is 3.72. The van der Waals surface area contributed by atoms with Crippen LogP contribution >= 0.6 is 0 Å². The highest BCUT2D eigenvalue weighted by Crippen LogP contribution is 2.38. The van der Waals surface area contributed by atoms with E-state index in [0.717, 1.165) is 18.2 Å². The fourth-order valence-electron chi connectivity index (χ4n) is 3.28. The summed E-state index contributed by atoms with van der Waals surface area (Å²) in [5.41, 5.74) is 1.82. The Hall–Kier alpha value is -1.02. The van der Waals surface area contributed by atoms with Gasteiger partial charge in [-0.3, -0.25) is 0 Å². The lowest BCUT2D eigenvalue weighted by atomic mass is 9.70. The molecule has 1 aliphatic rings. The average Bonchev–Trinajstić information content (AvgIpc) is 2.37. The Morgan fingerprint density at radius 2 is 2.16 bits per heavy atom. The van der Waals surface area contributed by atoms with Crippen LogP contribution in [0.5, 0.6) is 5.75 Å². The van der Waals surface area contributed by atoms with Crippen LogP contribution in [0, 0.1) is 11.3 Å². The molecule has 106 valence electrons. The molecule has 0 aromatic heterocycles. The zero-order chi connectivity index (χ0) is 13.9. The first-order valence-corrected chi connectivity index (χ1v) is 7.36. The summed E-state index contributed by atoms with van der Waals surface area (Å²) < 4.78 is 5.27. The predicted octanol–water partition coefficient (Wildman–Crippen LogP) is 4.00. The zero-order valence-corrected chi connectivity index (χ0v) is 12.7. The fraction of sp³-hybridized carbons (Fsp3) is 0.647. The average molecular weight is 261 g/mol. The fourth-order valence-corrected chi connectivity index (χ4v) is 3.28. The number of nitrogens with one attached hydrogen (secondary N) is 1. The third-order valence-corrected chi connectivity index (χ3v) is 4.40. The van der Waals surface area contributed by atoms with Gasteiger partial charge in [-0.15, -0.1) is 0 Å². The van der Waals surface area contributed by atoms with E-state index in [1.54, 1.807) is 7.11 Å². The number of ether oxygens (including phenoxy) is 1. The molecule has 0 amide bonds. The van der Waals surface area contributed by atoms with E-state index in [4.69, 9.17) is 4.74 Å². The van der Waals surface area contributed by atoms with Crippen molar-refractivity contribution in [1.29, 1.82) is 0 Å². The van der Waals surface area contributed by atoms with Gasteiger partial charge in [-0.05, 0) is 48.3 Å². The Morgan fingerprint density at radius 1 is 1.37 bits per heavy atom. The van der Waals surface area contributed by atoms with Crippen molar-refractivity contribution in [3.63, 3.8) is 0 Å². The SMILES string of the molecule is COc1cccc(CNC2CCC(C)(C)CC2C)c1. The van der Waals surface area contributed by atoms with Crippen molar-refractivity contribution >= 4 is 0 Å². The molecule has 2 rings (SSSR count). The van der Waals surface area contributed by atoms with Crippen molar-refractivity contribution in [2.24, 2.45) is 11.3 Å². The van der Waals surface area contributed by atoms with Crippen LogP contribution in [0.2, 0.25) is 0 Å². The van der Waals surface area contributed by atoms with Gasteiger partial charge in [0.25, 0.3) is 0 Å². The smallest absolute Gasteiger partial charge is 0.119 e. The third kappa shape index (κ3) is 3.97. The van der Waals surface area contributed by atoms with E-state index in [0.29, 0.717) is 11.5 Å². The molecule has 1 aromatic carbocycles. The van der Waals surface area contributed by atoms with Crippen molar-refractivity contribution in [1.82, 2.24) is 5.32 Å². The van der Waals surface area contributed by atoms with Crippen molar-refractivity contribution in [2.75, 3.05) is 7.11 Å². The number of hydrogen-bond donors (Lipinski definition) is 1. The van der Waals surface area contributed by atoms with E-state index in [-0.39, 0.29) is 0 Å². The lowest BCUT2D eigenvalue weighted by Gasteiger charge is -2.39. The molecule has 0 spiro atoms. The molecular formula is C17H27NO. The summed E-state index contributed by atoms with van der Waals surface area (Å²) in [5.74, 6) is 1.70. The minimum absolute atomic E-state index is 0.521. The lowest BCUT2D eigenvalue weighted by Crippen LogP contribution is -2.41. The Balaban J connectivity index is 1.88. The van der Waals surface area contributed by atoms with E-state index in [2.05, 4.69) is 44.3 Å². The summed E-state index contributed by atoms with van der Waals surface area (Å²) in [6, 6.07) is 8.98. The first kappa shape index (κ1) is 14.4. The normalized spacial score (nSPS) is 26.1. The maximum atomic E-state index is 5.27. The largest absolute Gasteiger partial charge is 0.497 e. The van der Waals surface area contributed by atoms with Gasteiger partial charge in [-0.1, -0.05) is 32.9 Å². The van der Waals surface area contributed by atoms with Crippen LogP contribution in [0.15, 0.2) is 24.3 Å². The molecule has 1 fully saturated rings. The van der Waals surface area contributed by atoms with Gasteiger partial charge in [-0.2, -0.15) is 0 Å². The Morgan fingerprint density at radius 3 is 2.84 bits per heavy atom. The van der Waals surface area contributed by atoms with Crippen LogP contribution in [0.25, 0.3) is 0 Å². The molecule has 19 heavy (non-hydrogen) atoms. The van der Waals surface area contributed by atoms with Crippen LogP contribution in [0.4, 0.5) is 0 Å². The van der Waals surface area contributed by atoms with Crippen molar-refractivity contribution in [3.8, 4) is 5.75 Å². The number of hydrogen-bond acceptors (Lipinski definition) is 2. The van der Waals surface area contributed by atoms with Gasteiger partial charge < -0.3 is 10.1 Å². The van der Waals surface area contributed by atoms with Crippen LogP contribution in [-0.2, 0) is 6.54 Å². The van der Waals surface area contributed by atoms with Crippen LogP contribution in [-0.4, -0.2) is 13.2 Å². The summed E-state index contributed by atoms with van der Waals surface area (Å²) in [4.78, 5) is 0. The minimum atomic E-state index is 0.521. The van der Waals surface area contributed by atoms with Gasteiger partial charge in [0.15, 0.2) is 0 Å². The van der Waals surface area contributed by atoms with Gasteiger partial charge in [0, 0.05) is 12.6 Å². The molecule has 1 N–H and O–H groups in total. The van der Waals surface area contributed by atoms with E-state index >= 15 is 0 Å². The molecule has 1 aromatic rings. The highest BCUT2D eigenvalue weighted by atomic mass is 16.5. The van der Waals surface area contributed by atoms with Crippen molar-refractivity contribution in [2.45, 2.75) is 52.6 Å². The number of methoxy groups -OCH3 is 1. The van der Waals surface area contributed by atoms with Crippen LogP contribution in [0.3, 0.4) is 0 Å². The molecule has 0 bridgehead atoms. The summed E-state index contributed by atoms with van der Waals surface area (Å²) >= 11 is 0. The molecule has 1 aliphatic carbocycles. The van der Waals surface area contributed by atoms with Gasteiger partial charge in [0.05, 0.1) is 7.11 Å². The molecule has 2 nitrogen and oxygen atoms in total. The molecule has 0 heterocycles. The van der Waals surface area contributed by atoms with Crippen molar-refractivity contribution < 1.29 is 4.74 Å². The number of rotatable bonds is 4. The van der Waals surface area contributed by atoms with E-state index in [9.17, 15) is 0 Å². The van der Waals surface area contributed by atoms with E-state index in [1.807, 2.05) is 6.07 Å². The van der Waals surface area contributed by atoms with Crippen molar-refractivity contribution in [3.05, 3.63) is 29.8 Å². The molecule has 0 radical (unpaired) electrons. The van der Waals surface area contributed by atoms with E-state index in [1.165, 1.54) is 24.8 Å². The number of benzene rings is 1. The molecule has 2 atom stereocenters. The lowest BCUT2D eigenvalue weighted by molar-refractivity contribution is 0.148. The van der Waals surface area contributed by atoms with E-state index < -0.39 is 0 Å². The summed E-state index contributed by atoms with van der Waals surface area (Å²) in [7, 11) is 1.72. The molecule has 0 aliphatic heterocycles. The summed E-state index contributed by atoms with van der Waals surface area (Å²) in [6.45, 7) is 8.10. The quantitative estimate of drug-likeness (QED) is 0.884. The first-order valence-electron chi connectivity index (χ1n) is 7.36. The molecule has 2 heteroatoms. The second-order valence-electron chi connectivity index (χ2n) is 6.72. The third-order valence-electron chi connectivity index (χ3n) is 4.40. The van der Waals surface area contributed by atoms with Gasteiger partial charge in [-0.25, -0.2) is 0 Å². The monoisotopic (exact) mass is 261 g/mol. The molecule has 2 unspecified atom stereocenters. The van der Waals surface area contributed by atoms with Crippen LogP contribution < -0.4 is 10.1 Å². The second kappa shape index (κ2) is 5.96. The summed E-state index contributed by atoms with van der Waals surface area (Å²) in [6.07, 6.45) is 3.94.